The molecule has 0 bridgehead atoms. The Kier molecular flexibility index (Phi) is 7.22. The smallest absolute Gasteiger partial charge is 0.269 e. The van der Waals surface area contributed by atoms with Gasteiger partial charge in [-0.25, -0.2) is 4.99 Å². The number of amidine groups is 1. The average Bonchev–Trinajstić information content (AvgIpc) is 3.40. The minimum atomic E-state index is 0.00233. The molecule has 0 N–H and O–H groups in total. The van der Waals surface area contributed by atoms with E-state index in [1.54, 1.807) is 18.9 Å². The van der Waals surface area contributed by atoms with Gasteiger partial charge in [0.05, 0.1) is 18.5 Å². The highest BCUT2D eigenvalue weighted by molar-refractivity contribution is 9.10. The predicted octanol–water partition coefficient (Wildman–Crippen LogP) is 7.06. The maximum atomic E-state index is 13.8. The van der Waals surface area contributed by atoms with E-state index >= 15 is 0 Å². The maximum absolute atomic E-state index is 13.8. The number of hydrogen-bond acceptors (Lipinski definition) is 6. The number of anilines is 1. The summed E-state index contributed by atoms with van der Waals surface area (Å²) < 4.78 is 6.44. The van der Waals surface area contributed by atoms with Crippen LogP contribution in [-0.2, 0) is 11.2 Å². The Labute approximate surface area is 222 Å². The van der Waals surface area contributed by atoms with Crippen LogP contribution in [-0.4, -0.2) is 36.2 Å². The van der Waals surface area contributed by atoms with Crippen LogP contribution in [0.5, 0.6) is 5.75 Å². The lowest BCUT2D eigenvalue weighted by Crippen LogP contribution is -2.32. The summed E-state index contributed by atoms with van der Waals surface area (Å²) in [6, 6.07) is 24.1. The molecule has 5 rings (SSSR count). The first-order valence-corrected chi connectivity index (χ1v) is 13.8. The van der Waals surface area contributed by atoms with Crippen molar-refractivity contribution in [2.45, 2.75) is 18.2 Å². The number of methoxy groups -OCH3 is 1. The number of carbonyl (C=O) groups excluding carboxylic acids is 1. The molecule has 2 aliphatic heterocycles. The van der Waals surface area contributed by atoms with Crippen molar-refractivity contribution in [3.05, 3.63) is 92.8 Å². The van der Waals surface area contributed by atoms with Crippen LogP contribution < -0.4 is 9.64 Å². The Morgan fingerprint density at radius 1 is 0.971 bits per heavy atom. The van der Waals surface area contributed by atoms with Gasteiger partial charge in [0.25, 0.3) is 5.91 Å². The molecule has 0 aromatic heterocycles. The predicted molar refractivity (Wildman–Crippen MR) is 150 cm³/mol. The molecule has 3 aromatic rings. The first kappa shape index (κ1) is 24.0. The molecule has 2 aliphatic rings. The molecule has 1 saturated heterocycles. The Hall–Kier alpha value is -2.68. The van der Waals surface area contributed by atoms with Crippen molar-refractivity contribution < 1.29 is 9.53 Å². The lowest BCUT2D eigenvalue weighted by atomic mass is 10.1. The molecule has 0 atom stereocenters. The molecule has 2 heterocycles. The maximum Gasteiger partial charge on any atom is 0.269 e. The van der Waals surface area contributed by atoms with Crippen LogP contribution in [0.4, 0.5) is 11.4 Å². The third kappa shape index (κ3) is 5.01. The summed E-state index contributed by atoms with van der Waals surface area (Å²) in [6.45, 7) is 3.42. The normalized spacial score (nSPS) is 18.5. The zero-order valence-electron chi connectivity index (χ0n) is 19.4. The van der Waals surface area contributed by atoms with Gasteiger partial charge in [0.1, 0.15) is 15.7 Å². The molecule has 5 nitrogen and oxygen atoms in total. The average molecular weight is 567 g/mol. The number of carbonyl (C=O) groups is 1. The number of rotatable bonds is 6. The van der Waals surface area contributed by atoms with Gasteiger partial charge < -0.3 is 9.64 Å². The second-order valence-electron chi connectivity index (χ2n) is 7.98. The van der Waals surface area contributed by atoms with Crippen LogP contribution in [0.3, 0.4) is 0 Å². The third-order valence-corrected chi connectivity index (χ3v) is 8.71. The highest BCUT2D eigenvalue weighted by Gasteiger charge is 2.39. The van der Waals surface area contributed by atoms with Crippen LogP contribution in [0.2, 0.25) is 0 Å². The summed E-state index contributed by atoms with van der Waals surface area (Å²) >= 11 is 6.58. The van der Waals surface area contributed by atoms with Gasteiger partial charge in [-0.05, 0) is 67.1 Å². The molecule has 0 saturated carbocycles. The van der Waals surface area contributed by atoms with Gasteiger partial charge >= 0.3 is 0 Å². The van der Waals surface area contributed by atoms with E-state index in [0.29, 0.717) is 11.7 Å². The number of hydrogen-bond donors (Lipinski definition) is 0. The zero-order valence-corrected chi connectivity index (χ0v) is 22.6. The molecule has 1 fully saturated rings. The van der Waals surface area contributed by atoms with Gasteiger partial charge in [-0.3, -0.25) is 9.69 Å². The molecular formula is C27H24BrN3O2S2. The van der Waals surface area contributed by atoms with Crippen molar-refractivity contribution in [3.63, 3.8) is 0 Å². The number of fused-ring (bicyclic) bond motifs is 1. The summed E-state index contributed by atoms with van der Waals surface area (Å²) in [4.78, 5) is 24.5. The molecule has 178 valence electrons. The van der Waals surface area contributed by atoms with E-state index in [1.807, 2.05) is 59.5 Å². The van der Waals surface area contributed by atoms with E-state index in [4.69, 9.17) is 9.73 Å². The van der Waals surface area contributed by atoms with E-state index in [9.17, 15) is 4.79 Å². The number of benzene rings is 3. The number of nitrogens with zero attached hydrogens (tertiary/aromatic N) is 3. The molecular weight excluding hydrogens is 542 g/mol. The van der Waals surface area contributed by atoms with Gasteiger partial charge in [-0.2, -0.15) is 0 Å². The topological polar surface area (TPSA) is 45.1 Å². The molecule has 0 unspecified atom stereocenters. The molecule has 3 aromatic carbocycles. The van der Waals surface area contributed by atoms with Crippen LogP contribution >= 0.6 is 39.5 Å². The fraction of sp³-hybridized carbons (Fsp3) is 0.185. The Balaban J connectivity index is 1.51. The van der Waals surface area contributed by atoms with Crippen LogP contribution in [0.25, 0.3) is 0 Å². The van der Waals surface area contributed by atoms with Crippen LogP contribution in [0.1, 0.15) is 12.5 Å². The highest BCUT2D eigenvalue weighted by Crippen LogP contribution is 2.51. The monoisotopic (exact) mass is 565 g/mol. The van der Waals surface area contributed by atoms with Crippen LogP contribution in [0, 0.1) is 0 Å². The number of amides is 1. The van der Waals surface area contributed by atoms with Crippen molar-refractivity contribution >= 4 is 61.9 Å². The summed E-state index contributed by atoms with van der Waals surface area (Å²) in [6.07, 6.45) is 0.761. The summed E-state index contributed by atoms with van der Waals surface area (Å²) in [5, 5.41) is 1.66. The van der Waals surface area contributed by atoms with Gasteiger partial charge in [-0.1, -0.05) is 58.0 Å². The lowest BCUT2D eigenvalue weighted by molar-refractivity contribution is -0.122. The summed E-state index contributed by atoms with van der Waals surface area (Å²) in [5.74, 6) is 0.809. The number of ether oxygens (including phenoxy) is 1. The second-order valence-corrected chi connectivity index (χ2v) is 10.9. The number of aliphatic imine (C=N–C) groups is 1. The standard InChI is InChI=1S/C27H24BrN3O2S2/c1-3-30-22-17-21(33-2)13-14-23(22)34-26(30)24-25(32)31(16-15-18-7-5-4-6-8-18)27(35-24)29-20-11-9-19(28)10-12-20/h4-14,17H,3,15-16H2,1-2H3. The second kappa shape index (κ2) is 10.5. The Morgan fingerprint density at radius 3 is 2.46 bits per heavy atom. The van der Waals surface area contributed by atoms with Crippen molar-refractivity contribution in [1.82, 2.24) is 4.90 Å². The van der Waals surface area contributed by atoms with Crippen molar-refractivity contribution in [1.29, 1.82) is 0 Å². The minimum absolute atomic E-state index is 0.00233. The molecule has 0 radical (unpaired) electrons. The van der Waals surface area contributed by atoms with Gasteiger partial charge in [0, 0.05) is 28.5 Å². The number of thioether (sulfide) groups is 2. The van der Waals surface area contributed by atoms with E-state index in [0.717, 1.165) is 49.4 Å². The fourth-order valence-electron chi connectivity index (χ4n) is 4.00. The first-order chi connectivity index (χ1) is 17.1. The SMILES string of the molecule is CCN1C(=C2SC(=Nc3ccc(Br)cc3)N(CCc3ccccc3)C2=O)Sc2ccc(OC)cc21. The van der Waals surface area contributed by atoms with Gasteiger partial charge in [0.15, 0.2) is 5.17 Å². The zero-order chi connectivity index (χ0) is 24.4. The summed E-state index contributed by atoms with van der Waals surface area (Å²) in [5.41, 5.74) is 3.08. The molecule has 1 amide bonds. The van der Waals surface area contributed by atoms with Crippen LogP contribution in [0.15, 0.2) is 97.1 Å². The molecule has 35 heavy (non-hydrogen) atoms. The van der Waals surface area contributed by atoms with Gasteiger partial charge in [0.2, 0.25) is 0 Å². The quantitative estimate of drug-likeness (QED) is 0.299. The first-order valence-electron chi connectivity index (χ1n) is 11.3. The van der Waals surface area contributed by atoms with E-state index in [1.165, 1.54) is 17.3 Å². The molecule has 0 aliphatic carbocycles. The van der Waals surface area contributed by atoms with E-state index in [2.05, 4.69) is 46.0 Å². The van der Waals surface area contributed by atoms with Crippen molar-refractivity contribution in [2.24, 2.45) is 4.99 Å². The van der Waals surface area contributed by atoms with Crippen molar-refractivity contribution in [3.8, 4) is 5.75 Å². The molecule has 8 heteroatoms. The van der Waals surface area contributed by atoms with E-state index in [-0.39, 0.29) is 5.91 Å². The summed E-state index contributed by atoms with van der Waals surface area (Å²) in [7, 11) is 1.67. The highest BCUT2D eigenvalue weighted by atomic mass is 79.9. The largest absolute Gasteiger partial charge is 0.497 e. The minimum Gasteiger partial charge on any atom is -0.497 e. The van der Waals surface area contributed by atoms with E-state index < -0.39 is 0 Å². The lowest BCUT2D eigenvalue weighted by Gasteiger charge is -2.19. The Bertz CT molecular complexity index is 1310. The fourth-order valence-corrected chi connectivity index (χ4v) is 6.66. The number of halogens is 1. The molecule has 0 spiro atoms. The Morgan fingerprint density at radius 2 is 1.74 bits per heavy atom. The van der Waals surface area contributed by atoms with Crippen molar-refractivity contribution in [2.75, 3.05) is 25.1 Å². The third-order valence-electron chi connectivity index (χ3n) is 5.80. The van der Waals surface area contributed by atoms with Gasteiger partial charge in [-0.15, -0.1) is 0 Å².